The molecule has 19 heavy (non-hydrogen) atoms. The van der Waals surface area contributed by atoms with Gasteiger partial charge in [-0.25, -0.2) is 0 Å². The van der Waals surface area contributed by atoms with Gasteiger partial charge in [0, 0.05) is 27.9 Å². The Morgan fingerprint density at radius 3 is 2.84 bits per heavy atom. The molecule has 2 nitrogen and oxygen atoms in total. The van der Waals surface area contributed by atoms with Gasteiger partial charge in [-0.2, -0.15) is 0 Å². The summed E-state index contributed by atoms with van der Waals surface area (Å²) in [5, 5.41) is 2.94. The molecule has 0 N–H and O–H groups in total. The molecule has 0 saturated carbocycles. The van der Waals surface area contributed by atoms with Crippen LogP contribution in [0.2, 0.25) is 0 Å². The highest BCUT2D eigenvalue weighted by atomic mass is 32.1. The van der Waals surface area contributed by atoms with Crippen LogP contribution in [-0.4, -0.2) is 10.8 Å². The molecule has 0 bridgehead atoms. The maximum atomic E-state index is 12.5. The van der Waals surface area contributed by atoms with Crippen molar-refractivity contribution < 1.29 is 4.79 Å². The lowest BCUT2D eigenvalue weighted by atomic mass is 10.0. The van der Waals surface area contributed by atoms with Gasteiger partial charge in [-0.15, -0.1) is 11.3 Å². The van der Waals surface area contributed by atoms with Crippen LogP contribution in [0, 0.1) is 6.92 Å². The quantitative estimate of drug-likeness (QED) is 0.671. The van der Waals surface area contributed by atoms with Crippen LogP contribution in [0.1, 0.15) is 20.9 Å². The maximum Gasteiger partial charge on any atom is 0.168 e. The lowest BCUT2D eigenvalue weighted by Crippen LogP contribution is -2.04. The van der Waals surface area contributed by atoms with Gasteiger partial charge in [0.05, 0.1) is 5.52 Å². The topological polar surface area (TPSA) is 30.0 Å². The van der Waals surface area contributed by atoms with Crippen molar-refractivity contribution in [3.05, 3.63) is 64.0 Å². The number of aromatic nitrogens is 1. The second kappa shape index (κ2) is 4.94. The number of Topliss-reactive ketones (excluding diaryl/α,β-unsaturated/α-hetero) is 1. The Kier molecular flexibility index (Phi) is 3.13. The lowest BCUT2D eigenvalue weighted by Gasteiger charge is -2.06. The van der Waals surface area contributed by atoms with E-state index in [9.17, 15) is 4.79 Å². The van der Waals surface area contributed by atoms with Crippen molar-refractivity contribution in [2.75, 3.05) is 0 Å². The third-order valence-electron chi connectivity index (χ3n) is 3.06. The standard InChI is InChI=1S/C16H13NOS/c1-11-9-14(13-6-2-3-7-15(13)17-11)16(18)10-12-5-4-8-19-12/h2-9H,10H2,1H3. The predicted octanol–water partition coefficient (Wildman–Crippen LogP) is 4.03. The van der Waals surface area contributed by atoms with Crippen LogP contribution in [0.5, 0.6) is 0 Å². The molecule has 3 aromatic rings. The van der Waals surface area contributed by atoms with Crippen LogP contribution >= 0.6 is 11.3 Å². The Bertz CT molecular complexity index is 732. The number of para-hydroxylation sites is 1. The van der Waals surface area contributed by atoms with Crippen molar-refractivity contribution in [2.24, 2.45) is 0 Å². The highest BCUT2D eigenvalue weighted by molar-refractivity contribution is 7.10. The minimum atomic E-state index is 0.157. The second-order valence-corrected chi connectivity index (χ2v) is 5.54. The molecule has 0 atom stereocenters. The fourth-order valence-electron chi connectivity index (χ4n) is 2.21. The molecule has 0 aliphatic heterocycles. The van der Waals surface area contributed by atoms with E-state index >= 15 is 0 Å². The zero-order chi connectivity index (χ0) is 13.2. The first-order chi connectivity index (χ1) is 9.24. The van der Waals surface area contributed by atoms with Crippen molar-refractivity contribution >= 4 is 28.0 Å². The number of rotatable bonds is 3. The smallest absolute Gasteiger partial charge is 0.168 e. The Morgan fingerprint density at radius 1 is 1.21 bits per heavy atom. The van der Waals surface area contributed by atoms with E-state index in [1.807, 2.05) is 54.8 Å². The van der Waals surface area contributed by atoms with Crippen molar-refractivity contribution in [1.82, 2.24) is 4.98 Å². The molecule has 0 aliphatic carbocycles. The zero-order valence-corrected chi connectivity index (χ0v) is 11.4. The number of carbonyl (C=O) groups is 1. The molecule has 3 heteroatoms. The van der Waals surface area contributed by atoms with Crippen molar-refractivity contribution in [3.8, 4) is 0 Å². The van der Waals surface area contributed by atoms with Gasteiger partial charge in [-0.3, -0.25) is 9.78 Å². The second-order valence-electron chi connectivity index (χ2n) is 4.51. The highest BCUT2D eigenvalue weighted by Crippen LogP contribution is 2.21. The summed E-state index contributed by atoms with van der Waals surface area (Å²) in [7, 11) is 0. The summed E-state index contributed by atoms with van der Waals surface area (Å²) in [6.45, 7) is 1.92. The first-order valence-electron chi connectivity index (χ1n) is 6.16. The Labute approximate surface area is 115 Å². The van der Waals surface area contributed by atoms with Crippen molar-refractivity contribution in [1.29, 1.82) is 0 Å². The number of thiophene rings is 1. The summed E-state index contributed by atoms with van der Waals surface area (Å²) in [5.41, 5.74) is 2.54. The normalized spacial score (nSPS) is 10.8. The number of benzene rings is 1. The van der Waals surface area contributed by atoms with Crippen LogP contribution in [0.4, 0.5) is 0 Å². The average molecular weight is 267 g/mol. The predicted molar refractivity (Wildman–Crippen MR) is 78.8 cm³/mol. The third kappa shape index (κ3) is 2.42. The van der Waals surface area contributed by atoms with Crippen LogP contribution in [0.25, 0.3) is 10.9 Å². The number of pyridine rings is 1. The number of carbonyl (C=O) groups excluding carboxylic acids is 1. The molecule has 0 radical (unpaired) electrons. The molecule has 1 aromatic carbocycles. The molecule has 0 unspecified atom stereocenters. The summed E-state index contributed by atoms with van der Waals surface area (Å²) in [4.78, 5) is 18.0. The molecule has 94 valence electrons. The van der Waals surface area contributed by atoms with E-state index in [0.29, 0.717) is 6.42 Å². The minimum absolute atomic E-state index is 0.157. The molecule has 0 saturated heterocycles. The largest absolute Gasteiger partial charge is 0.294 e. The number of nitrogens with zero attached hydrogens (tertiary/aromatic N) is 1. The van der Waals surface area contributed by atoms with Gasteiger partial charge in [-0.05, 0) is 30.5 Å². The number of fused-ring (bicyclic) bond motifs is 1. The van der Waals surface area contributed by atoms with Crippen LogP contribution in [0.3, 0.4) is 0 Å². The summed E-state index contributed by atoms with van der Waals surface area (Å²) in [5.74, 6) is 0.157. The minimum Gasteiger partial charge on any atom is -0.294 e. The van der Waals surface area contributed by atoms with E-state index in [4.69, 9.17) is 0 Å². The Hall–Kier alpha value is -2.00. The lowest BCUT2D eigenvalue weighted by molar-refractivity contribution is 0.0995. The molecule has 0 spiro atoms. The molecule has 0 aliphatic rings. The summed E-state index contributed by atoms with van der Waals surface area (Å²) in [6.07, 6.45) is 0.463. The first kappa shape index (κ1) is 12.1. The summed E-state index contributed by atoms with van der Waals surface area (Å²) in [6, 6.07) is 13.7. The summed E-state index contributed by atoms with van der Waals surface area (Å²) >= 11 is 1.62. The van der Waals surface area contributed by atoms with Gasteiger partial charge in [0.2, 0.25) is 0 Å². The highest BCUT2D eigenvalue weighted by Gasteiger charge is 2.12. The van der Waals surface area contributed by atoms with E-state index < -0.39 is 0 Å². The average Bonchev–Trinajstić information content (AvgIpc) is 2.90. The molecule has 2 aromatic heterocycles. The number of hydrogen-bond acceptors (Lipinski definition) is 3. The van der Waals surface area contributed by atoms with Gasteiger partial charge in [0.1, 0.15) is 0 Å². The van der Waals surface area contributed by atoms with Crippen molar-refractivity contribution in [3.63, 3.8) is 0 Å². The number of ketones is 1. The van der Waals surface area contributed by atoms with E-state index in [1.165, 1.54) is 0 Å². The van der Waals surface area contributed by atoms with Gasteiger partial charge in [0.25, 0.3) is 0 Å². The van der Waals surface area contributed by atoms with Crippen LogP contribution < -0.4 is 0 Å². The van der Waals surface area contributed by atoms with Crippen molar-refractivity contribution in [2.45, 2.75) is 13.3 Å². The number of hydrogen-bond donors (Lipinski definition) is 0. The molecule has 3 rings (SSSR count). The van der Waals surface area contributed by atoms with E-state index in [0.717, 1.165) is 27.0 Å². The maximum absolute atomic E-state index is 12.5. The Balaban J connectivity index is 2.06. The Morgan fingerprint density at radius 2 is 2.05 bits per heavy atom. The molecule has 0 fully saturated rings. The molecular formula is C16H13NOS. The monoisotopic (exact) mass is 267 g/mol. The van der Waals surface area contributed by atoms with E-state index in [-0.39, 0.29) is 5.78 Å². The fraction of sp³-hybridized carbons (Fsp3) is 0.125. The van der Waals surface area contributed by atoms with Gasteiger partial charge < -0.3 is 0 Å². The molecule has 2 heterocycles. The molecule has 0 amide bonds. The number of aryl methyl sites for hydroxylation is 1. The van der Waals surface area contributed by atoms with Gasteiger partial charge in [-0.1, -0.05) is 24.3 Å². The van der Waals surface area contributed by atoms with Gasteiger partial charge in [0.15, 0.2) is 5.78 Å². The molecular weight excluding hydrogens is 254 g/mol. The third-order valence-corrected chi connectivity index (χ3v) is 3.94. The van der Waals surface area contributed by atoms with E-state index in [1.54, 1.807) is 11.3 Å². The van der Waals surface area contributed by atoms with E-state index in [2.05, 4.69) is 4.98 Å². The zero-order valence-electron chi connectivity index (χ0n) is 10.6. The van der Waals surface area contributed by atoms with Crippen LogP contribution in [-0.2, 0) is 6.42 Å². The summed E-state index contributed by atoms with van der Waals surface area (Å²) < 4.78 is 0. The van der Waals surface area contributed by atoms with Gasteiger partial charge >= 0.3 is 0 Å². The first-order valence-corrected chi connectivity index (χ1v) is 7.04. The van der Waals surface area contributed by atoms with Crippen LogP contribution in [0.15, 0.2) is 47.8 Å². The fourth-order valence-corrected chi connectivity index (χ4v) is 2.91. The SMILES string of the molecule is Cc1cc(C(=O)Cc2cccs2)c2ccccc2n1.